The van der Waals surface area contributed by atoms with Crippen molar-refractivity contribution in [2.24, 2.45) is 0 Å². The van der Waals surface area contributed by atoms with Crippen molar-refractivity contribution in [3.8, 4) is 0 Å². The van der Waals surface area contributed by atoms with Crippen LogP contribution < -0.4 is 0 Å². The predicted octanol–water partition coefficient (Wildman–Crippen LogP) is 1.45. The monoisotopic (exact) mass is 242 g/mol. The van der Waals surface area contributed by atoms with Gasteiger partial charge in [-0.3, -0.25) is 4.79 Å². The number of carboxylic acid groups (broad SMARTS) is 1. The lowest BCUT2D eigenvalue weighted by molar-refractivity contribution is -0.146. The number of aliphatic carboxylic acids is 1. The maximum absolute atomic E-state index is 11.2. The van der Waals surface area contributed by atoms with E-state index in [9.17, 15) is 9.59 Å². The number of aryl methyl sites for hydroxylation is 1. The van der Waals surface area contributed by atoms with Crippen molar-refractivity contribution in [1.29, 1.82) is 0 Å². The molecule has 1 aromatic heterocycles. The third kappa shape index (κ3) is 2.79. The van der Waals surface area contributed by atoms with E-state index < -0.39 is 12.0 Å². The lowest BCUT2D eigenvalue weighted by atomic mass is 10.2. The zero-order valence-electron chi connectivity index (χ0n) is 9.21. The number of rotatable bonds is 6. The quantitative estimate of drug-likeness (QED) is 0.766. The Kier molecular flexibility index (Phi) is 4.42. The van der Waals surface area contributed by atoms with Gasteiger partial charge in [0.25, 0.3) is 0 Å². The molecule has 1 aromatic rings. The van der Waals surface area contributed by atoms with Crippen molar-refractivity contribution in [3.63, 3.8) is 0 Å². The minimum atomic E-state index is -1.05. The Morgan fingerprint density at radius 1 is 1.75 bits per heavy atom. The Balaban J connectivity index is 2.98. The first kappa shape index (κ1) is 12.6. The second-order valence-corrected chi connectivity index (χ2v) is 4.30. The molecule has 0 aromatic carbocycles. The fourth-order valence-corrected chi connectivity index (χ4v) is 2.29. The number of amides is 1. The molecular weight excluding hydrogens is 228 g/mol. The highest BCUT2D eigenvalue weighted by atomic mass is 32.1. The van der Waals surface area contributed by atoms with Crippen LogP contribution in [0.15, 0.2) is 5.38 Å². The minimum absolute atomic E-state index is 0.416. The Labute approximate surface area is 97.7 Å². The standard InChI is InChI=1S/C10H14N2O3S/c1-3-4-12(6-13)8(10(14)15)9-11-7(2)5-16-9/h5-6,8H,3-4H2,1-2H3,(H,14,15). The van der Waals surface area contributed by atoms with Crippen molar-refractivity contribution in [1.82, 2.24) is 9.88 Å². The molecule has 0 aliphatic heterocycles. The van der Waals surface area contributed by atoms with Gasteiger partial charge >= 0.3 is 5.97 Å². The molecule has 0 spiro atoms. The highest BCUT2D eigenvalue weighted by Gasteiger charge is 2.28. The largest absolute Gasteiger partial charge is 0.479 e. The first-order valence-corrected chi connectivity index (χ1v) is 5.84. The van der Waals surface area contributed by atoms with Gasteiger partial charge in [0.1, 0.15) is 5.01 Å². The van der Waals surface area contributed by atoms with Gasteiger partial charge in [-0.2, -0.15) is 0 Å². The molecule has 6 heteroatoms. The van der Waals surface area contributed by atoms with Crippen LogP contribution in [0.4, 0.5) is 0 Å². The molecule has 0 saturated carbocycles. The lowest BCUT2D eigenvalue weighted by Crippen LogP contribution is -2.33. The summed E-state index contributed by atoms with van der Waals surface area (Å²) in [5.74, 6) is -1.05. The van der Waals surface area contributed by atoms with Crippen LogP contribution in [0.5, 0.6) is 0 Å². The van der Waals surface area contributed by atoms with E-state index in [1.807, 2.05) is 6.92 Å². The molecule has 5 nitrogen and oxygen atoms in total. The Morgan fingerprint density at radius 2 is 2.44 bits per heavy atom. The summed E-state index contributed by atoms with van der Waals surface area (Å²) in [6.07, 6.45) is 1.28. The molecule has 16 heavy (non-hydrogen) atoms. The SMILES string of the molecule is CCCN(C=O)C(C(=O)O)c1nc(C)cs1. The van der Waals surface area contributed by atoms with Crippen LogP contribution in [0.1, 0.15) is 30.1 Å². The number of carbonyl (C=O) groups is 2. The Hall–Kier alpha value is -1.43. The molecule has 88 valence electrons. The zero-order valence-corrected chi connectivity index (χ0v) is 10.0. The number of hydrogen-bond acceptors (Lipinski definition) is 4. The van der Waals surface area contributed by atoms with Gasteiger partial charge in [-0.05, 0) is 13.3 Å². The predicted molar refractivity (Wildman–Crippen MR) is 60.3 cm³/mol. The van der Waals surface area contributed by atoms with Crippen molar-refractivity contribution in [2.45, 2.75) is 26.3 Å². The van der Waals surface area contributed by atoms with E-state index in [1.54, 1.807) is 12.3 Å². The van der Waals surface area contributed by atoms with Crippen LogP contribution in [-0.2, 0) is 9.59 Å². The van der Waals surface area contributed by atoms with Crippen molar-refractivity contribution in [3.05, 3.63) is 16.1 Å². The van der Waals surface area contributed by atoms with Crippen LogP contribution in [-0.4, -0.2) is 33.9 Å². The number of carboxylic acids is 1. The number of carbonyl (C=O) groups excluding carboxylic acids is 1. The number of thiazole rings is 1. The van der Waals surface area contributed by atoms with E-state index in [4.69, 9.17) is 5.11 Å². The average Bonchev–Trinajstić information content (AvgIpc) is 2.63. The first-order valence-electron chi connectivity index (χ1n) is 4.96. The fourth-order valence-electron chi connectivity index (χ4n) is 1.39. The summed E-state index contributed by atoms with van der Waals surface area (Å²) >= 11 is 1.26. The Bertz CT molecular complexity index is 378. The van der Waals surface area contributed by atoms with Crippen molar-refractivity contribution >= 4 is 23.7 Å². The van der Waals surface area contributed by atoms with E-state index >= 15 is 0 Å². The van der Waals surface area contributed by atoms with Crippen LogP contribution in [0.2, 0.25) is 0 Å². The van der Waals surface area contributed by atoms with Crippen molar-refractivity contribution < 1.29 is 14.7 Å². The summed E-state index contributed by atoms with van der Waals surface area (Å²) in [6.45, 7) is 4.10. The van der Waals surface area contributed by atoms with Gasteiger partial charge in [0, 0.05) is 17.6 Å². The Morgan fingerprint density at radius 3 is 2.81 bits per heavy atom. The molecule has 0 radical (unpaired) electrons. The molecule has 0 aliphatic rings. The third-order valence-electron chi connectivity index (χ3n) is 2.05. The second kappa shape index (κ2) is 5.60. The fraction of sp³-hybridized carbons (Fsp3) is 0.500. The van der Waals surface area contributed by atoms with Gasteiger partial charge in [-0.15, -0.1) is 11.3 Å². The summed E-state index contributed by atoms with van der Waals surface area (Å²) in [6, 6.07) is -0.962. The van der Waals surface area contributed by atoms with Gasteiger partial charge in [0.05, 0.1) is 0 Å². The molecule has 1 unspecified atom stereocenters. The smallest absolute Gasteiger partial charge is 0.333 e. The summed E-state index contributed by atoms with van der Waals surface area (Å²) in [7, 11) is 0. The van der Waals surface area contributed by atoms with Crippen LogP contribution in [0.3, 0.4) is 0 Å². The number of hydrogen-bond donors (Lipinski definition) is 1. The minimum Gasteiger partial charge on any atom is -0.479 e. The maximum atomic E-state index is 11.2. The van der Waals surface area contributed by atoms with E-state index in [-0.39, 0.29) is 0 Å². The van der Waals surface area contributed by atoms with Gasteiger partial charge < -0.3 is 10.0 Å². The van der Waals surface area contributed by atoms with Crippen LogP contribution in [0.25, 0.3) is 0 Å². The average molecular weight is 242 g/mol. The molecule has 1 heterocycles. The van der Waals surface area contributed by atoms with Crippen LogP contribution >= 0.6 is 11.3 Å². The molecule has 0 bridgehead atoms. The first-order chi connectivity index (χ1) is 7.60. The molecule has 0 aliphatic carbocycles. The third-order valence-corrected chi connectivity index (χ3v) is 3.07. The maximum Gasteiger partial charge on any atom is 0.333 e. The topological polar surface area (TPSA) is 70.5 Å². The lowest BCUT2D eigenvalue weighted by Gasteiger charge is -2.22. The van der Waals surface area contributed by atoms with Gasteiger partial charge in [0.2, 0.25) is 6.41 Å². The summed E-state index contributed by atoms with van der Waals surface area (Å²) in [4.78, 5) is 27.4. The number of nitrogens with zero attached hydrogens (tertiary/aromatic N) is 2. The summed E-state index contributed by atoms with van der Waals surface area (Å²) in [5, 5.41) is 11.4. The normalized spacial score (nSPS) is 12.1. The molecule has 1 atom stereocenters. The molecular formula is C10H14N2O3S. The molecule has 1 N–H and O–H groups in total. The summed E-state index contributed by atoms with van der Waals surface area (Å²) < 4.78 is 0. The highest BCUT2D eigenvalue weighted by Crippen LogP contribution is 2.23. The van der Waals surface area contributed by atoms with Gasteiger partial charge in [-0.25, -0.2) is 9.78 Å². The van der Waals surface area contributed by atoms with E-state index in [2.05, 4.69) is 4.98 Å². The number of aromatic nitrogens is 1. The molecule has 0 saturated heterocycles. The second-order valence-electron chi connectivity index (χ2n) is 3.41. The van der Waals surface area contributed by atoms with Gasteiger partial charge in [-0.1, -0.05) is 6.92 Å². The highest BCUT2D eigenvalue weighted by molar-refractivity contribution is 7.09. The van der Waals surface area contributed by atoms with Gasteiger partial charge in [0.15, 0.2) is 6.04 Å². The van der Waals surface area contributed by atoms with Crippen LogP contribution in [0, 0.1) is 6.92 Å². The zero-order chi connectivity index (χ0) is 12.1. The molecule has 1 rings (SSSR count). The summed E-state index contributed by atoms with van der Waals surface area (Å²) in [5.41, 5.74) is 0.772. The van der Waals surface area contributed by atoms with E-state index in [1.165, 1.54) is 16.2 Å². The molecule has 0 fully saturated rings. The van der Waals surface area contributed by atoms with E-state index in [0.29, 0.717) is 24.4 Å². The molecule has 1 amide bonds. The van der Waals surface area contributed by atoms with Crippen molar-refractivity contribution in [2.75, 3.05) is 6.54 Å². The van der Waals surface area contributed by atoms with E-state index in [0.717, 1.165) is 5.69 Å².